The number of hydrogen-bond acceptors (Lipinski definition) is 6. The standard InChI is InChI=1S/C25H25BrN4O3/c1-3-4-9-22-28-29-23(15-32-16-31-2)30(22)14-17-10-11-21-20(12-17)24(26)25(33-21)19-8-6-5-7-18(19)13-27/h5-8,10-12H,3-4,9,14-16H2,1-2H3. The Morgan fingerprint density at radius 1 is 1.15 bits per heavy atom. The topological polar surface area (TPSA) is 86.1 Å². The van der Waals surface area contributed by atoms with Gasteiger partial charge >= 0.3 is 0 Å². The number of halogens is 1. The van der Waals surface area contributed by atoms with Crippen molar-refractivity contribution in [2.24, 2.45) is 0 Å². The van der Waals surface area contributed by atoms with E-state index in [9.17, 15) is 5.26 Å². The van der Waals surface area contributed by atoms with Crippen molar-refractivity contribution in [2.45, 2.75) is 39.3 Å². The lowest BCUT2D eigenvalue weighted by molar-refractivity contribution is -0.0420. The molecule has 0 saturated carbocycles. The van der Waals surface area contributed by atoms with Crippen molar-refractivity contribution < 1.29 is 13.9 Å². The Kier molecular flexibility index (Phi) is 7.55. The third-order valence-corrected chi connectivity index (χ3v) is 6.20. The molecular formula is C25H25BrN4O3. The molecule has 4 aromatic rings. The van der Waals surface area contributed by atoms with Gasteiger partial charge in [-0.15, -0.1) is 10.2 Å². The largest absolute Gasteiger partial charge is 0.455 e. The third-order valence-electron chi connectivity index (χ3n) is 5.41. The SMILES string of the molecule is CCCCc1nnc(COCOC)n1Cc1ccc2oc(-c3ccccc3C#N)c(Br)c2c1. The molecule has 0 aliphatic carbocycles. The first-order valence-corrected chi connectivity index (χ1v) is 11.6. The number of aryl methyl sites for hydroxylation is 1. The Labute approximate surface area is 201 Å². The van der Waals surface area contributed by atoms with Gasteiger partial charge in [0.25, 0.3) is 0 Å². The number of aromatic nitrogens is 3. The van der Waals surface area contributed by atoms with Gasteiger partial charge in [-0.1, -0.05) is 31.5 Å². The molecule has 170 valence electrons. The Balaban J connectivity index is 1.68. The maximum atomic E-state index is 9.48. The van der Waals surface area contributed by atoms with Gasteiger partial charge in [-0.25, -0.2) is 0 Å². The number of rotatable bonds is 10. The molecule has 0 N–H and O–H groups in total. The third kappa shape index (κ3) is 5.01. The van der Waals surface area contributed by atoms with E-state index in [4.69, 9.17) is 13.9 Å². The highest BCUT2D eigenvalue weighted by Gasteiger charge is 2.18. The van der Waals surface area contributed by atoms with Gasteiger partial charge in [0.05, 0.1) is 22.7 Å². The smallest absolute Gasteiger partial charge is 0.159 e. The maximum absolute atomic E-state index is 9.48. The van der Waals surface area contributed by atoms with Gasteiger partial charge in [-0.3, -0.25) is 0 Å². The van der Waals surface area contributed by atoms with Crippen LogP contribution in [0.3, 0.4) is 0 Å². The van der Waals surface area contributed by atoms with Gasteiger partial charge in [0.1, 0.15) is 24.8 Å². The van der Waals surface area contributed by atoms with Gasteiger partial charge in [0, 0.05) is 24.5 Å². The molecule has 4 rings (SSSR count). The number of fused-ring (bicyclic) bond motifs is 1. The maximum Gasteiger partial charge on any atom is 0.159 e. The number of methoxy groups -OCH3 is 1. The lowest BCUT2D eigenvalue weighted by Gasteiger charge is -2.11. The molecule has 2 heterocycles. The van der Waals surface area contributed by atoms with Crippen LogP contribution in [0.5, 0.6) is 0 Å². The Bertz CT molecular complexity index is 1290. The van der Waals surface area contributed by atoms with Crippen LogP contribution in [0.2, 0.25) is 0 Å². The van der Waals surface area contributed by atoms with Gasteiger partial charge in [0.2, 0.25) is 0 Å². The highest BCUT2D eigenvalue weighted by atomic mass is 79.9. The fourth-order valence-corrected chi connectivity index (χ4v) is 4.35. The molecular weight excluding hydrogens is 484 g/mol. The number of nitrogens with zero attached hydrogens (tertiary/aromatic N) is 4. The van der Waals surface area contributed by atoms with Crippen molar-refractivity contribution in [3.63, 3.8) is 0 Å². The van der Waals surface area contributed by atoms with Crippen molar-refractivity contribution in [2.75, 3.05) is 13.9 Å². The molecule has 0 bridgehead atoms. The highest BCUT2D eigenvalue weighted by molar-refractivity contribution is 9.10. The molecule has 7 nitrogen and oxygen atoms in total. The number of furan rings is 1. The number of benzene rings is 2. The van der Waals surface area contributed by atoms with E-state index in [-0.39, 0.29) is 6.79 Å². The normalized spacial score (nSPS) is 11.2. The molecule has 2 aromatic heterocycles. The number of unbranched alkanes of at least 4 members (excludes halogenated alkanes) is 1. The van der Waals surface area contributed by atoms with Crippen molar-refractivity contribution in [3.8, 4) is 17.4 Å². The van der Waals surface area contributed by atoms with Crippen LogP contribution < -0.4 is 0 Å². The van der Waals surface area contributed by atoms with Crippen LogP contribution in [0.15, 0.2) is 51.4 Å². The van der Waals surface area contributed by atoms with E-state index >= 15 is 0 Å². The second-order valence-corrected chi connectivity index (χ2v) is 8.50. The van der Waals surface area contributed by atoms with E-state index in [1.165, 1.54) is 0 Å². The number of ether oxygens (including phenoxy) is 2. The van der Waals surface area contributed by atoms with Gasteiger partial charge in [0.15, 0.2) is 11.6 Å². The summed E-state index contributed by atoms with van der Waals surface area (Å²) in [6.45, 7) is 3.32. The second-order valence-electron chi connectivity index (χ2n) is 7.71. The minimum absolute atomic E-state index is 0.206. The Hall–Kier alpha value is -2.99. The fraction of sp³-hybridized carbons (Fsp3) is 0.320. The van der Waals surface area contributed by atoms with E-state index in [1.54, 1.807) is 13.2 Å². The Morgan fingerprint density at radius 2 is 1.97 bits per heavy atom. The van der Waals surface area contributed by atoms with Crippen LogP contribution in [0.25, 0.3) is 22.3 Å². The summed E-state index contributed by atoms with van der Waals surface area (Å²) in [7, 11) is 1.60. The average Bonchev–Trinajstić information content (AvgIpc) is 3.38. The first-order chi connectivity index (χ1) is 16.2. The second kappa shape index (κ2) is 10.8. The van der Waals surface area contributed by atoms with E-state index in [1.807, 2.05) is 30.3 Å². The molecule has 0 atom stereocenters. The van der Waals surface area contributed by atoms with Crippen LogP contribution in [0, 0.1) is 11.3 Å². The molecule has 0 aliphatic rings. The molecule has 0 radical (unpaired) electrons. The van der Waals surface area contributed by atoms with E-state index in [2.05, 4.69) is 49.8 Å². The Morgan fingerprint density at radius 3 is 2.76 bits per heavy atom. The summed E-state index contributed by atoms with van der Waals surface area (Å²) < 4.78 is 19.6. The highest BCUT2D eigenvalue weighted by Crippen LogP contribution is 2.39. The van der Waals surface area contributed by atoms with E-state index in [0.717, 1.165) is 57.5 Å². The van der Waals surface area contributed by atoms with Gasteiger partial charge < -0.3 is 18.5 Å². The molecule has 0 fully saturated rings. The zero-order chi connectivity index (χ0) is 23.2. The minimum atomic E-state index is 0.206. The zero-order valence-electron chi connectivity index (χ0n) is 18.7. The van der Waals surface area contributed by atoms with Crippen LogP contribution in [0.1, 0.15) is 42.5 Å². The van der Waals surface area contributed by atoms with Crippen molar-refractivity contribution >= 4 is 26.9 Å². The predicted molar refractivity (Wildman–Crippen MR) is 128 cm³/mol. The molecule has 8 heteroatoms. The number of hydrogen-bond donors (Lipinski definition) is 0. The van der Waals surface area contributed by atoms with E-state index in [0.29, 0.717) is 24.5 Å². The average molecular weight is 509 g/mol. The molecule has 0 aliphatic heterocycles. The molecule has 33 heavy (non-hydrogen) atoms. The summed E-state index contributed by atoms with van der Waals surface area (Å²) in [6, 6.07) is 15.8. The first-order valence-electron chi connectivity index (χ1n) is 10.8. The van der Waals surface area contributed by atoms with Crippen molar-refractivity contribution in [3.05, 3.63) is 69.7 Å². The summed E-state index contributed by atoms with van der Waals surface area (Å²) >= 11 is 3.70. The molecule has 0 amide bonds. The molecule has 0 spiro atoms. The van der Waals surface area contributed by atoms with Crippen LogP contribution in [0.4, 0.5) is 0 Å². The first kappa shape index (κ1) is 23.2. The summed E-state index contributed by atoms with van der Waals surface area (Å²) in [5.74, 6) is 2.37. The minimum Gasteiger partial charge on any atom is -0.455 e. The molecule has 0 unspecified atom stereocenters. The van der Waals surface area contributed by atoms with Gasteiger partial charge in [-0.05, 0) is 52.2 Å². The van der Waals surface area contributed by atoms with Crippen LogP contribution in [-0.2, 0) is 29.0 Å². The lowest BCUT2D eigenvalue weighted by atomic mass is 10.1. The van der Waals surface area contributed by atoms with Crippen molar-refractivity contribution in [1.82, 2.24) is 14.8 Å². The summed E-state index contributed by atoms with van der Waals surface area (Å²) in [4.78, 5) is 0. The summed E-state index contributed by atoms with van der Waals surface area (Å²) in [6.07, 6.45) is 2.99. The van der Waals surface area contributed by atoms with Crippen molar-refractivity contribution in [1.29, 1.82) is 5.26 Å². The van der Waals surface area contributed by atoms with Crippen LogP contribution >= 0.6 is 15.9 Å². The molecule has 0 saturated heterocycles. The zero-order valence-corrected chi connectivity index (χ0v) is 20.3. The quantitative estimate of drug-likeness (QED) is 0.197. The molecule has 2 aromatic carbocycles. The summed E-state index contributed by atoms with van der Waals surface area (Å²) in [5, 5.41) is 19.2. The van der Waals surface area contributed by atoms with Gasteiger partial charge in [-0.2, -0.15) is 5.26 Å². The van der Waals surface area contributed by atoms with E-state index < -0.39 is 0 Å². The van der Waals surface area contributed by atoms with Crippen LogP contribution in [-0.4, -0.2) is 28.7 Å². The lowest BCUT2D eigenvalue weighted by Crippen LogP contribution is -2.11. The number of nitriles is 1. The predicted octanol–water partition coefficient (Wildman–Crippen LogP) is 5.84. The summed E-state index contributed by atoms with van der Waals surface area (Å²) in [5.41, 5.74) is 3.19. The fourth-order valence-electron chi connectivity index (χ4n) is 3.75. The monoisotopic (exact) mass is 508 g/mol.